The van der Waals surface area contributed by atoms with E-state index in [0.29, 0.717) is 18.7 Å². The number of aromatic amines is 1. The number of nitrogens with zero attached hydrogens (tertiary/aromatic N) is 1. The van der Waals surface area contributed by atoms with Crippen LogP contribution in [0.1, 0.15) is 58.6 Å². The lowest BCUT2D eigenvalue weighted by atomic mass is 9.84. The van der Waals surface area contributed by atoms with Gasteiger partial charge in [-0.2, -0.15) is 5.10 Å². The van der Waals surface area contributed by atoms with Crippen LogP contribution >= 0.6 is 11.3 Å². The number of anilines is 1. The van der Waals surface area contributed by atoms with E-state index < -0.39 is 35.3 Å². The molecule has 2 aromatic heterocycles. The van der Waals surface area contributed by atoms with Crippen LogP contribution in [0.15, 0.2) is 54.0 Å². The van der Waals surface area contributed by atoms with Crippen LogP contribution in [0.5, 0.6) is 0 Å². The summed E-state index contributed by atoms with van der Waals surface area (Å²) in [4.78, 5) is 39.4. The van der Waals surface area contributed by atoms with Gasteiger partial charge < -0.3 is 15.4 Å². The molecule has 0 fully saturated rings. The maximum atomic E-state index is 13.0. The molecule has 8 nitrogen and oxygen atoms in total. The Morgan fingerprint density at radius 2 is 1.94 bits per heavy atom. The van der Waals surface area contributed by atoms with Crippen molar-refractivity contribution in [1.29, 1.82) is 0 Å². The van der Waals surface area contributed by atoms with Crippen LogP contribution in [0.2, 0.25) is 0 Å². The number of rotatable bonds is 10. The molecular formula is C26H32N4O4S. The Balaban J connectivity index is 1.75. The zero-order valence-corrected chi connectivity index (χ0v) is 21.3. The second-order valence-electron chi connectivity index (χ2n) is 9.38. The van der Waals surface area contributed by atoms with E-state index in [1.165, 1.54) is 12.3 Å². The van der Waals surface area contributed by atoms with E-state index in [2.05, 4.69) is 20.8 Å². The molecule has 0 aliphatic rings. The van der Waals surface area contributed by atoms with Gasteiger partial charge in [0.15, 0.2) is 0 Å². The highest BCUT2D eigenvalue weighted by Crippen LogP contribution is 2.38. The second kappa shape index (κ2) is 11.8. The summed E-state index contributed by atoms with van der Waals surface area (Å²) in [5.74, 6) is -1.26. The molecule has 0 unspecified atom stereocenters. The topological polar surface area (TPSA) is 113 Å². The van der Waals surface area contributed by atoms with E-state index >= 15 is 0 Å². The number of Topliss-reactive ketones (excluding diaryl/α,β-unsaturated/α-hetero) is 1. The fourth-order valence-electron chi connectivity index (χ4n) is 3.67. The number of H-pyrrole nitrogens is 1. The van der Waals surface area contributed by atoms with Crippen molar-refractivity contribution in [2.45, 2.75) is 59.1 Å². The van der Waals surface area contributed by atoms with Gasteiger partial charge in [-0.25, -0.2) is 4.79 Å². The van der Waals surface area contributed by atoms with E-state index in [0.717, 1.165) is 22.4 Å². The molecular weight excluding hydrogens is 464 g/mol. The SMILES string of the molecule is CCCC[C@H](NC(=O)O[C@@H](c1cccc(-c2cccs2)c1)C(C)(C)C)C(=O)C(=O)Nc1ccn[nH]1. The van der Waals surface area contributed by atoms with Gasteiger partial charge in [-0.15, -0.1) is 11.3 Å². The third-order valence-corrected chi connectivity index (χ3v) is 6.35. The summed E-state index contributed by atoms with van der Waals surface area (Å²) in [7, 11) is 0. The summed E-state index contributed by atoms with van der Waals surface area (Å²) >= 11 is 1.64. The number of amides is 2. The molecule has 2 amide bonds. The molecule has 0 saturated heterocycles. The number of aromatic nitrogens is 2. The highest BCUT2D eigenvalue weighted by Gasteiger charge is 2.33. The van der Waals surface area contributed by atoms with Crippen molar-refractivity contribution >= 4 is 34.9 Å². The van der Waals surface area contributed by atoms with E-state index in [4.69, 9.17) is 4.74 Å². The number of hydrogen-bond acceptors (Lipinski definition) is 6. The van der Waals surface area contributed by atoms with E-state index in [-0.39, 0.29) is 0 Å². The highest BCUT2D eigenvalue weighted by molar-refractivity contribution is 7.13. The number of alkyl carbamates (subject to hydrolysis) is 1. The number of nitrogens with one attached hydrogen (secondary N) is 3. The van der Waals surface area contributed by atoms with Crippen LogP contribution in [-0.4, -0.2) is 34.0 Å². The van der Waals surface area contributed by atoms with Crippen molar-refractivity contribution in [2.75, 3.05) is 5.32 Å². The number of benzene rings is 1. The summed E-state index contributed by atoms with van der Waals surface area (Å²) in [6.45, 7) is 7.93. The van der Waals surface area contributed by atoms with Crippen LogP contribution in [0.4, 0.5) is 10.6 Å². The van der Waals surface area contributed by atoms with Gasteiger partial charge >= 0.3 is 6.09 Å². The van der Waals surface area contributed by atoms with Gasteiger partial charge in [-0.3, -0.25) is 14.7 Å². The van der Waals surface area contributed by atoms with E-state index in [9.17, 15) is 14.4 Å². The van der Waals surface area contributed by atoms with Gasteiger partial charge in [0.05, 0.1) is 6.20 Å². The lowest BCUT2D eigenvalue weighted by Crippen LogP contribution is -2.46. The molecule has 2 heterocycles. The number of thiophene rings is 1. The summed E-state index contributed by atoms with van der Waals surface area (Å²) in [6.07, 6.45) is 1.96. The Hall–Kier alpha value is -3.46. The maximum absolute atomic E-state index is 13.0. The Labute approximate surface area is 209 Å². The van der Waals surface area contributed by atoms with Crippen molar-refractivity contribution in [3.05, 3.63) is 59.6 Å². The van der Waals surface area contributed by atoms with Crippen molar-refractivity contribution in [1.82, 2.24) is 15.5 Å². The number of unbranched alkanes of at least 4 members (excludes halogenated alkanes) is 1. The van der Waals surface area contributed by atoms with Gasteiger partial charge in [0, 0.05) is 16.4 Å². The third-order valence-electron chi connectivity index (χ3n) is 5.43. The van der Waals surface area contributed by atoms with E-state index in [1.54, 1.807) is 11.3 Å². The Morgan fingerprint density at radius 3 is 2.57 bits per heavy atom. The number of carbonyl (C=O) groups excluding carboxylic acids is 3. The minimum atomic E-state index is -0.997. The smallest absolute Gasteiger partial charge is 0.408 e. The lowest BCUT2D eigenvalue weighted by Gasteiger charge is -2.31. The van der Waals surface area contributed by atoms with Crippen molar-refractivity contribution < 1.29 is 19.1 Å². The zero-order valence-electron chi connectivity index (χ0n) is 20.5. The van der Waals surface area contributed by atoms with Gasteiger partial charge in [0.1, 0.15) is 18.0 Å². The van der Waals surface area contributed by atoms with Crippen LogP contribution in [0, 0.1) is 5.41 Å². The molecule has 3 N–H and O–H groups in total. The molecule has 2 atom stereocenters. The molecule has 0 radical (unpaired) electrons. The van der Waals surface area contributed by atoms with Crippen molar-refractivity contribution in [3.8, 4) is 10.4 Å². The molecule has 0 aliphatic carbocycles. The number of carbonyl (C=O) groups is 3. The summed E-state index contributed by atoms with van der Waals surface area (Å²) in [5.41, 5.74) is 1.49. The minimum absolute atomic E-state index is 0.304. The molecule has 3 aromatic rings. The maximum Gasteiger partial charge on any atom is 0.408 e. The third kappa shape index (κ3) is 7.26. The summed E-state index contributed by atoms with van der Waals surface area (Å²) in [6, 6.07) is 12.5. The summed E-state index contributed by atoms with van der Waals surface area (Å²) in [5, 5.41) is 13.4. The largest absolute Gasteiger partial charge is 0.441 e. The zero-order chi connectivity index (χ0) is 25.4. The molecule has 3 rings (SSSR count). The molecule has 0 saturated carbocycles. The number of ether oxygens (including phenoxy) is 1. The average Bonchev–Trinajstić information content (AvgIpc) is 3.53. The predicted octanol–water partition coefficient (Wildman–Crippen LogP) is 5.72. The monoisotopic (exact) mass is 496 g/mol. The average molecular weight is 497 g/mol. The highest BCUT2D eigenvalue weighted by atomic mass is 32.1. The first-order valence-electron chi connectivity index (χ1n) is 11.6. The first-order chi connectivity index (χ1) is 16.7. The quantitative estimate of drug-likeness (QED) is 0.311. The summed E-state index contributed by atoms with van der Waals surface area (Å²) < 4.78 is 5.87. The fourth-order valence-corrected chi connectivity index (χ4v) is 4.39. The van der Waals surface area contributed by atoms with Crippen molar-refractivity contribution in [2.24, 2.45) is 5.41 Å². The Morgan fingerprint density at radius 1 is 1.14 bits per heavy atom. The molecule has 35 heavy (non-hydrogen) atoms. The van der Waals surface area contributed by atoms with E-state index in [1.807, 2.05) is 69.5 Å². The van der Waals surface area contributed by atoms with Crippen molar-refractivity contribution in [3.63, 3.8) is 0 Å². The first kappa shape index (κ1) is 26.2. The van der Waals surface area contributed by atoms with Crippen LogP contribution < -0.4 is 10.6 Å². The number of ketones is 1. The van der Waals surface area contributed by atoms with Gasteiger partial charge in [0.25, 0.3) is 5.91 Å². The van der Waals surface area contributed by atoms with Crippen LogP contribution in [0.3, 0.4) is 0 Å². The molecule has 0 aliphatic heterocycles. The second-order valence-corrected chi connectivity index (χ2v) is 10.3. The normalized spacial score (nSPS) is 13.0. The standard InChI is InChI=1S/C26H32N4O4S/c1-5-6-11-19(22(31)24(32)29-21-13-14-27-30-21)28-25(33)34-23(26(2,3)4)18-10-7-9-17(16-18)20-12-8-15-35-20/h7-10,12-16,19,23H,5-6,11H2,1-4H3,(H,28,33)(H2,27,29,30,32)/t19-,23-/m0/s1. The van der Waals surface area contributed by atoms with Gasteiger partial charge in [-0.1, -0.05) is 64.8 Å². The molecule has 1 aromatic carbocycles. The molecule has 0 bridgehead atoms. The fraction of sp³-hybridized carbons (Fsp3) is 0.385. The molecule has 9 heteroatoms. The molecule has 0 spiro atoms. The minimum Gasteiger partial charge on any atom is -0.441 e. The Bertz CT molecular complexity index is 1120. The lowest BCUT2D eigenvalue weighted by molar-refractivity contribution is -0.136. The Kier molecular flexibility index (Phi) is 8.81. The first-order valence-corrected chi connectivity index (χ1v) is 12.5. The van der Waals surface area contributed by atoms with Gasteiger partial charge in [0.2, 0.25) is 5.78 Å². The van der Waals surface area contributed by atoms with Gasteiger partial charge in [-0.05, 0) is 35.1 Å². The van der Waals surface area contributed by atoms with Crippen LogP contribution in [-0.2, 0) is 14.3 Å². The molecule has 186 valence electrons. The van der Waals surface area contributed by atoms with Crippen LogP contribution in [0.25, 0.3) is 10.4 Å². The number of hydrogen-bond donors (Lipinski definition) is 3. The predicted molar refractivity (Wildman–Crippen MR) is 137 cm³/mol.